The lowest BCUT2D eigenvalue weighted by Gasteiger charge is -2.11. The average molecular weight is 355 g/mol. The number of carbonyl (C=O) groups is 2. The van der Waals surface area contributed by atoms with Gasteiger partial charge in [0.1, 0.15) is 0 Å². The third-order valence-corrected chi connectivity index (χ3v) is 4.21. The molecule has 0 aliphatic carbocycles. The van der Waals surface area contributed by atoms with Crippen molar-refractivity contribution in [3.8, 4) is 22.3 Å². The van der Waals surface area contributed by atoms with Gasteiger partial charge < -0.3 is 0 Å². The van der Waals surface area contributed by atoms with Gasteiger partial charge in [0, 0.05) is 11.1 Å². The van der Waals surface area contributed by atoms with E-state index < -0.39 is 10.5 Å². The Labute approximate surface area is 149 Å². The van der Waals surface area contributed by atoms with Crippen molar-refractivity contribution in [2.45, 2.75) is 0 Å². The lowest BCUT2D eigenvalue weighted by molar-refractivity contribution is 0.107. The fraction of sp³-hybridized carbons (Fsp3) is 0. The van der Waals surface area contributed by atoms with Crippen LogP contribution in [0.5, 0.6) is 0 Å². The molecule has 0 saturated carbocycles. The molecule has 0 bridgehead atoms. The molecule has 0 saturated heterocycles. The van der Waals surface area contributed by atoms with Crippen molar-refractivity contribution < 1.29 is 9.59 Å². The predicted molar refractivity (Wildman–Crippen MR) is 97.7 cm³/mol. The lowest BCUT2D eigenvalue weighted by atomic mass is 9.94. The largest absolute Gasteiger partial charge is 0.276 e. The van der Waals surface area contributed by atoms with Crippen LogP contribution < -0.4 is 0 Å². The summed E-state index contributed by atoms with van der Waals surface area (Å²) >= 11 is 11.0. The van der Waals surface area contributed by atoms with E-state index in [2.05, 4.69) is 0 Å². The first-order valence-electron chi connectivity index (χ1n) is 7.26. The fourth-order valence-corrected chi connectivity index (χ4v) is 2.80. The summed E-state index contributed by atoms with van der Waals surface area (Å²) in [4.78, 5) is 22.4. The predicted octanol–water partition coefficient (Wildman–Crippen LogP) is 5.78. The van der Waals surface area contributed by atoms with E-state index >= 15 is 0 Å². The van der Waals surface area contributed by atoms with Gasteiger partial charge >= 0.3 is 0 Å². The maximum absolute atomic E-state index is 11.2. The van der Waals surface area contributed by atoms with Crippen LogP contribution in [0.3, 0.4) is 0 Å². The highest BCUT2D eigenvalue weighted by atomic mass is 35.5. The van der Waals surface area contributed by atoms with Crippen molar-refractivity contribution in [1.82, 2.24) is 0 Å². The molecule has 3 rings (SSSR count). The molecule has 0 N–H and O–H groups in total. The molecule has 0 aromatic heterocycles. The maximum Gasteiger partial charge on any atom is 0.252 e. The van der Waals surface area contributed by atoms with Crippen LogP contribution in [-0.4, -0.2) is 10.5 Å². The number of hydrogen-bond donors (Lipinski definition) is 0. The summed E-state index contributed by atoms with van der Waals surface area (Å²) in [5, 5.41) is -0.952. The van der Waals surface area contributed by atoms with Gasteiger partial charge in [0.15, 0.2) is 0 Å². The summed E-state index contributed by atoms with van der Waals surface area (Å²) < 4.78 is 0. The van der Waals surface area contributed by atoms with Crippen LogP contribution in [0.2, 0.25) is 0 Å². The van der Waals surface area contributed by atoms with Gasteiger partial charge in [-0.2, -0.15) is 0 Å². The molecule has 0 heterocycles. The molecule has 3 aromatic rings. The summed E-state index contributed by atoms with van der Waals surface area (Å²) in [6.45, 7) is 0. The van der Waals surface area contributed by atoms with Gasteiger partial charge in [0.25, 0.3) is 10.5 Å². The first kappa shape index (κ1) is 16.4. The molecule has 0 spiro atoms. The third-order valence-electron chi connectivity index (χ3n) is 3.77. The Bertz CT molecular complexity index is 821. The van der Waals surface area contributed by atoms with E-state index in [4.69, 9.17) is 23.2 Å². The van der Waals surface area contributed by atoms with Crippen molar-refractivity contribution in [3.05, 3.63) is 83.9 Å². The van der Waals surface area contributed by atoms with Gasteiger partial charge in [-0.3, -0.25) is 9.59 Å². The van der Waals surface area contributed by atoms with E-state index in [-0.39, 0.29) is 0 Å². The van der Waals surface area contributed by atoms with E-state index in [1.807, 2.05) is 48.5 Å². The Morgan fingerprint density at radius 2 is 0.875 bits per heavy atom. The molecular weight excluding hydrogens is 343 g/mol. The Hall–Kier alpha value is -2.42. The maximum atomic E-state index is 11.2. The molecule has 0 aliphatic rings. The van der Waals surface area contributed by atoms with E-state index in [1.165, 1.54) is 0 Å². The molecule has 3 aromatic carbocycles. The van der Waals surface area contributed by atoms with Crippen LogP contribution in [0.15, 0.2) is 72.8 Å². The minimum absolute atomic E-state index is 0.461. The second-order valence-corrected chi connectivity index (χ2v) is 5.93. The van der Waals surface area contributed by atoms with Crippen molar-refractivity contribution in [2.75, 3.05) is 0 Å². The highest BCUT2D eigenvalue weighted by Gasteiger charge is 2.09. The van der Waals surface area contributed by atoms with E-state index in [1.54, 1.807) is 24.3 Å². The smallest absolute Gasteiger partial charge is 0.252 e. The Morgan fingerprint density at radius 3 is 1.17 bits per heavy atom. The van der Waals surface area contributed by atoms with Gasteiger partial charge in [0.05, 0.1) is 0 Å². The topological polar surface area (TPSA) is 34.1 Å². The summed E-state index contributed by atoms with van der Waals surface area (Å²) in [7, 11) is 0. The SMILES string of the molecule is O=C(Cl)c1ccc(-c2ccccc2-c2ccc(C(=O)Cl)cc2)cc1. The third kappa shape index (κ3) is 3.40. The normalized spacial score (nSPS) is 10.4. The van der Waals surface area contributed by atoms with Gasteiger partial charge in [-0.25, -0.2) is 0 Å². The van der Waals surface area contributed by atoms with Crippen LogP contribution in [0.25, 0.3) is 22.3 Å². The van der Waals surface area contributed by atoms with E-state index in [0.29, 0.717) is 11.1 Å². The van der Waals surface area contributed by atoms with Crippen molar-refractivity contribution in [1.29, 1.82) is 0 Å². The van der Waals surface area contributed by atoms with Gasteiger partial charge in [-0.1, -0.05) is 48.5 Å². The molecule has 0 radical (unpaired) electrons. The van der Waals surface area contributed by atoms with Gasteiger partial charge in [-0.05, 0) is 69.7 Å². The first-order valence-corrected chi connectivity index (χ1v) is 8.01. The molecule has 118 valence electrons. The second-order valence-electron chi connectivity index (χ2n) is 5.25. The molecule has 0 amide bonds. The minimum Gasteiger partial charge on any atom is -0.276 e. The van der Waals surface area contributed by atoms with Crippen LogP contribution >= 0.6 is 23.2 Å². The quantitative estimate of drug-likeness (QED) is 0.556. The number of rotatable bonds is 4. The van der Waals surface area contributed by atoms with Crippen LogP contribution in [0.1, 0.15) is 20.7 Å². The zero-order valence-corrected chi connectivity index (χ0v) is 14.0. The van der Waals surface area contributed by atoms with E-state index in [0.717, 1.165) is 22.3 Å². The first-order chi connectivity index (χ1) is 11.6. The Morgan fingerprint density at radius 1 is 0.542 bits per heavy atom. The molecule has 0 fully saturated rings. The monoisotopic (exact) mass is 354 g/mol. The highest BCUT2D eigenvalue weighted by molar-refractivity contribution is 6.68. The number of hydrogen-bond acceptors (Lipinski definition) is 2. The van der Waals surface area contributed by atoms with Crippen LogP contribution in [0.4, 0.5) is 0 Å². The van der Waals surface area contributed by atoms with Crippen molar-refractivity contribution in [2.24, 2.45) is 0 Å². The second kappa shape index (κ2) is 7.00. The summed E-state index contributed by atoms with van der Waals surface area (Å²) in [6, 6.07) is 22.2. The zero-order valence-electron chi connectivity index (χ0n) is 12.5. The average Bonchev–Trinajstić information content (AvgIpc) is 2.62. The van der Waals surface area contributed by atoms with Crippen LogP contribution in [-0.2, 0) is 0 Å². The van der Waals surface area contributed by atoms with Gasteiger partial charge in [0.2, 0.25) is 0 Å². The van der Waals surface area contributed by atoms with E-state index in [9.17, 15) is 9.59 Å². The molecule has 0 unspecified atom stereocenters. The Balaban J connectivity index is 2.04. The van der Waals surface area contributed by atoms with Crippen molar-refractivity contribution in [3.63, 3.8) is 0 Å². The number of carbonyl (C=O) groups excluding carboxylic acids is 2. The standard InChI is InChI=1S/C20H12Cl2O2/c21-19(23)15-9-5-13(6-10-15)17-3-1-2-4-18(17)14-7-11-16(12-8-14)20(22)24/h1-12H. The number of benzene rings is 3. The van der Waals surface area contributed by atoms with Crippen molar-refractivity contribution >= 4 is 33.7 Å². The summed E-state index contributed by atoms with van der Waals surface area (Å²) in [6.07, 6.45) is 0. The number of halogens is 2. The molecule has 24 heavy (non-hydrogen) atoms. The molecule has 4 heteroatoms. The molecule has 0 atom stereocenters. The lowest BCUT2D eigenvalue weighted by Crippen LogP contribution is -1.91. The highest BCUT2D eigenvalue weighted by Crippen LogP contribution is 2.32. The van der Waals surface area contributed by atoms with Gasteiger partial charge in [-0.15, -0.1) is 0 Å². The molecule has 0 aliphatic heterocycles. The molecular formula is C20H12Cl2O2. The summed E-state index contributed by atoms with van der Waals surface area (Å²) in [5.74, 6) is 0. The molecule has 2 nitrogen and oxygen atoms in total. The summed E-state index contributed by atoms with van der Waals surface area (Å²) in [5.41, 5.74) is 4.92. The zero-order chi connectivity index (χ0) is 17.1. The Kier molecular flexibility index (Phi) is 4.79. The fourth-order valence-electron chi connectivity index (χ4n) is 2.55. The van der Waals surface area contributed by atoms with Crippen LogP contribution in [0, 0.1) is 0 Å². The minimum atomic E-state index is -0.476.